The van der Waals surface area contributed by atoms with E-state index in [1.165, 1.54) is 0 Å². The highest BCUT2D eigenvalue weighted by atomic mass is 16.5. The van der Waals surface area contributed by atoms with Crippen molar-refractivity contribution in [2.45, 2.75) is 6.04 Å². The van der Waals surface area contributed by atoms with Crippen molar-refractivity contribution in [3.05, 3.63) is 36.5 Å². The van der Waals surface area contributed by atoms with Crippen LogP contribution >= 0.6 is 0 Å². The molecule has 70 valence electrons. The second-order valence-corrected chi connectivity index (χ2v) is 4.49. The Labute approximate surface area is 82.7 Å². The summed E-state index contributed by atoms with van der Waals surface area (Å²) in [5.74, 6) is 1.42. The SMILES string of the molecule is COC1=N[C@@H]2C=C[C@]34C=CC=C[C@@]23[C@@H]14. The van der Waals surface area contributed by atoms with E-state index in [-0.39, 0.29) is 10.8 Å². The zero-order valence-electron chi connectivity index (χ0n) is 7.97. The van der Waals surface area contributed by atoms with Crippen LogP contribution in [0.15, 0.2) is 41.4 Å². The maximum atomic E-state index is 5.37. The molecule has 4 aliphatic rings. The van der Waals surface area contributed by atoms with E-state index in [4.69, 9.17) is 4.74 Å². The molecule has 0 aromatic rings. The first-order chi connectivity index (χ1) is 6.85. The van der Waals surface area contributed by atoms with Gasteiger partial charge in [0.05, 0.1) is 19.1 Å². The van der Waals surface area contributed by atoms with Gasteiger partial charge in [-0.3, -0.25) is 0 Å². The molecule has 0 aromatic carbocycles. The molecule has 14 heavy (non-hydrogen) atoms. The molecule has 3 aliphatic carbocycles. The molecule has 1 saturated carbocycles. The van der Waals surface area contributed by atoms with Crippen molar-refractivity contribution in [2.24, 2.45) is 21.7 Å². The predicted octanol–water partition coefficient (Wildman–Crippen LogP) is 1.71. The number of nitrogens with zero attached hydrogens (tertiary/aromatic N) is 1. The van der Waals surface area contributed by atoms with Crippen molar-refractivity contribution in [3.8, 4) is 0 Å². The summed E-state index contributed by atoms with van der Waals surface area (Å²) in [5, 5.41) is 0. The van der Waals surface area contributed by atoms with E-state index in [1.54, 1.807) is 7.11 Å². The summed E-state index contributed by atoms with van der Waals surface area (Å²) in [5.41, 5.74) is 0.451. The lowest BCUT2D eigenvalue weighted by Crippen LogP contribution is -2.17. The highest BCUT2D eigenvalue weighted by molar-refractivity contribution is 5.92. The van der Waals surface area contributed by atoms with Gasteiger partial charge in [0, 0.05) is 10.8 Å². The van der Waals surface area contributed by atoms with Gasteiger partial charge in [0.15, 0.2) is 5.90 Å². The Morgan fingerprint density at radius 2 is 2.14 bits per heavy atom. The Morgan fingerprint density at radius 1 is 1.29 bits per heavy atom. The zero-order valence-corrected chi connectivity index (χ0v) is 7.97. The minimum absolute atomic E-state index is 0.222. The van der Waals surface area contributed by atoms with Gasteiger partial charge < -0.3 is 4.74 Å². The molecule has 2 nitrogen and oxygen atoms in total. The number of aliphatic imine (C=N–C) groups is 1. The van der Waals surface area contributed by atoms with Gasteiger partial charge in [-0.15, -0.1) is 0 Å². The summed E-state index contributed by atoms with van der Waals surface area (Å²) in [6.45, 7) is 0. The van der Waals surface area contributed by atoms with Gasteiger partial charge >= 0.3 is 0 Å². The second-order valence-electron chi connectivity index (χ2n) is 4.49. The highest BCUT2D eigenvalue weighted by Crippen LogP contribution is 2.80. The first kappa shape index (κ1) is 7.04. The Hall–Kier alpha value is -1.31. The van der Waals surface area contributed by atoms with Crippen molar-refractivity contribution >= 4 is 5.90 Å². The fourth-order valence-corrected chi connectivity index (χ4v) is 3.65. The molecule has 4 rings (SSSR count). The number of ether oxygens (including phenoxy) is 1. The van der Waals surface area contributed by atoms with Crippen molar-refractivity contribution in [1.29, 1.82) is 0 Å². The number of methoxy groups -OCH3 is 1. The van der Waals surface area contributed by atoms with Crippen LogP contribution in [0.2, 0.25) is 0 Å². The molecule has 1 spiro atoms. The molecule has 1 heterocycles. The van der Waals surface area contributed by atoms with E-state index in [1.807, 2.05) is 0 Å². The Bertz CT molecular complexity index is 445. The van der Waals surface area contributed by atoms with E-state index in [2.05, 4.69) is 41.4 Å². The van der Waals surface area contributed by atoms with Gasteiger partial charge in [-0.05, 0) is 0 Å². The molecule has 0 amide bonds. The molecule has 1 aliphatic heterocycles. The van der Waals surface area contributed by atoms with Crippen LogP contribution in [0.1, 0.15) is 0 Å². The smallest absolute Gasteiger partial charge is 0.189 e. The van der Waals surface area contributed by atoms with Crippen LogP contribution in [0, 0.1) is 16.7 Å². The molecule has 4 atom stereocenters. The van der Waals surface area contributed by atoms with Crippen LogP contribution in [0.3, 0.4) is 0 Å². The molecule has 0 N–H and O–H groups in total. The summed E-state index contributed by atoms with van der Waals surface area (Å²) < 4.78 is 5.37. The normalized spacial score (nSPS) is 54.2. The minimum Gasteiger partial charge on any atom is -0.484 e. The van der Waals surface area contributed by atoms with Crippen molar-refractivity contribution < 1.29 is 4.74 Å². The molecule has 0 radical (unpaired) electrons. The predicted molar refractivity (Wildman–Crippen MR) is 54.0 cm³/mol. The van der Waals surface area contributed by atoms with E-state index >= 15 is 0 Å². The maximum absolute atomic E-state index is 5.37. The number of allylic oxidation sites excluding steroid dienone is 4. The lowest BCUT2D eigenvalue weighted by atomic mass is 9.89. The summed E-state index contributed by atoms with van der Waals surface area (Å²) in [4.78, 5) is 4.59. The molecule has 0 aromatic heterocycles. The standard InChI is InChI=1S/C12H11NO/c1-14-10-9-11-5-2-3-6-12(9,11)8(13-10)4-7-11/h2-9H,1H3/t8-,9+,11+,12+/m1/s1. The van der Waals surface area contributed by atoms with Crippen LogP contribution in [0.25, 0.3) is 0 Å². The average molecular weight is 185 g/mol. The lowest BCUT2D eigenvalue weighted by molar-refractivity contribution is 0.383. The second kappa shape index (κ2) is 1.74. The molecular formula is C12H11NO. The van der Waals surface area contributed by atoms with Gasteiger partial charge in [-0.2, -0.15) is 0 Å². The number of hydrogen-bond acceptors (Lipinski definition) is 2. The first-order valence-corrected chi connectivity index (χ1v) is 5.03. The summed E-state index contributed by atoms with van der Waals surface area (Å²) in [6, 6.07) is 0.323. The summed E-state index contributed by atoms with van der Waals surface area (Å²) in [6.07, 6.45) is 13.5. The fraction of sp³-hybridized carbons (Fsp3) is 0.417. The topological polar surface area (TPSA) is 21.6 Å². The van der Waals surface area contributed by atoms with E-state index in [0.717, 1.165) is 5.90 Å². The summed E-state index contributed by atoms with van der Waals surface area (Å²) >= 11 is 0. The third-order valence-corrected chi connectivity index (χ3v) is 4.24. The largest absolute Gasteiger partial charge is 0.484 e. The first-order valence-electron chi connectivity index (χ1n) is 5.03. The summed E-state index contributed by atoms with van der Waals surface area (Å²) in [7, 11) is 1.73. The van der Waals surface area contributed by atoms with Gasteiger partial charge in [-0.1, -0.05) is 36.5 Å². The number of rotatable bonds is 0. The fourth-order valence-electron chi connectivity index (χ4n) is 3.65. The Kier molecular flexibility index (Phi) is 0.877. The maximum Gasteiger partial charge on any atom is 0.189 e. The highest BCUT2D eigenvalue weighted by Gasteiger charge is 2.83. The van der Waals surface area contributed by atoms with E-state index in [9.17, 15) is 0 Å². The van der Waals surface area contributed by atoms with Crippen LogP contribution in [-0.2, 0) is 4.74 Å². The van der Waals surface area contributed by atoms with Crippen LogP contribution < -0.4 is 0 Å². The van der Waals surface area contributed by atoms with E-state index < -0.39 is 0 Å². The Balaban J connectivity index is 1.96. The third kappa shape index (κ3) is 0.423. The van der Waals surface area contributed by atoms with Crippen molar-refractivity contribution in [3.63, 3.8) is 0 Å². The third-order valence-electron chi connectivity index (χ3n) is 4.24. The quantitative estimate of drug-likeness (QED) is 0.526. The molecule has 0 saturated heterocycles. The van der Waals surface area contributed by atoms with Gasteiger partial charge in [0.1, 0.15) is 0 Å². The minimum atomic E-state index is 0.222. The van der Waals surface area contributed by atoms with Crippen LogP contribution in [-0.4, -0.2) is 19.0 Å². The van der Waals surface area contributed by atoms with Crippen LogP contribution in [0.4, 0.5) is 0 Å². The lowest BCUT2D eigenvalue weighted by Gasteiger charge is -2.17. The molecular weight excluding hydrogens is 174 g/mol. The van der Waals surface area contributed by atoms with Gasteiger partial charge in [0.2, 0.25) is 0 Å². The van der Waals surface area contributed by atoms with Gasteiger partial charge in [-0.25, -0.2) is 4.99 Å². The van der Waals surface area contributed by atoms with Crippen molar-refractivity contribution in [2.75, 3.05) is 7.11 Å². The van der Waals surface area contributed by atoms with Gasteiger partial charge in [0.25, 0.3) is 0 Å². The molecule has 2 heteroatoms. The number of hydrogen-bond donors (Lipinski definition) is 0. The average Bonchev–Trinajstić information content (AvgIpc) is 2.59. The molecule has 1 fully saturated rings. The van der Waals surface area contributed by atoms with Crippen molar-refractivity contribution in [1.82, 2.24) is 0 Å². The molecule has 0 bridgehead atoms. The monoisotopic (exact) mass is 185 g/mol. The molecule has 0 unspecified atom stereocenters. The Morgan fingerprint density at radius 3 is 2.93 bits per heavy atom. The van der Waals surface area contributed by atoms with Crippen LogP contribution in [0.5, 0.6) is 0 Å². The zero-order chi connectivity index (χ0) is 9.39. The van der Waals surface area contributed by atoms with E-state index in [0.29, 0.717) is 12.0 Å².